The quantitative estimate of drug-likeness (QED) is 0.668. The summed E-state index contributed by atoms with van der Waals surface area (Å²) in [7, 11) is -2.37. The van der Waals surface area contributed by atoms with E-state index < -0.39 is 16.2 Å². The van der Waals surface area contributed by atoms with Gasteiger partial charge < -0.3 is 5.32 Å². The molecule has 13 heavy (non-hydrogen) atoms. The highest BCUT2D eigenvalue weighted by Crippen LogP contribution is 2.21. The summed E-state index contributed by atoms with van der Waals surface area (Å²) in [5.74, 6) is -0.452. The van der Waals surface area contributed by atoms with Gasteiger partial charge in [0.05, 0.1) is 5.37 Å². The van der Waals surface area contributed by atoms with E-state index >= 15 is 0 Å². The molecule has 6 heteroatoms. The lowest BCUT2D eigenvalue weighted by molar-refractivity contribution is -0.113. The van der Waals surface area contributed by atoms with E-state index in [4.69, 9.17) is 0 Å². The van der Waals surface area contributed by atoms with Gasteiger partial charge in [-0.25, -0.2) is 0 Å². The summed E-state index contributed by atoms with van der Waals surface area (Å²) in [6.07, 6.45) is 0.303. The molecule has 0 aliphatic carbocycles. The van der Waals surface area contributed by atoms with Crippen molar-refractivity contribution in [3.63, 3.8) is 0 Å². The largest absolute Gasteiger partial charge is 0.339 e. The zero-order chi connectivity index (χ0) is 10.0. The SMILES string of the molecule is CC(C)SC1CC(=S(=O)=O)C(=O)N1. The van der Waals surface area contributed by atoms with Crippen LogP contribution in [0.25, 0.3) is 0 Å². The van der Waals surface area contributed by atoms with Gasteiger partial charge in [0.1, 0.15) is 4.86 Å². The monoisotopic (exact) mass is 221 g/mol. The molecule has 1 rings (SSSR count). The van der Waals surface area contributed by atoms with E-state index in [2.05, 4.69) is 5.32 Å². The number of hydrogen-bond donors (Lipinski definition) is 1. The van der Waals surface area contributed by atoms with E-state index in [1.165, 1.54) is 0 Å². The van der Waals surface area contributed by atoms with Gasteiger partial charge in [-0.3, -0.25) is 4.79 Å². The van der Waals surface area contributed by atoms with E-state index in [1.807, 2.05) is 13.8 Å². The van der Waals surface area contributed by atoms with Crippen molar-refractivity contribution in [2.24, 2.45) is 0 Å². The minimum absolute atomic E-state index is 0.0295. The zero-order valence-electron chi connectivity index (χ0n) is 7.40. The third-order valence-corrected chi connectivity index (χ3v) is 3.47. The fourth-order valence-electron chi connectivity index (χ4n) is 1.09. The van der Waals surface area contributed by atoms with Crippen molar-refractivity contribution in [1.29, 1.82) is 0 Å². The Balaban J connectivity index is 2.72. The number of nitrogens with one attached hydrogen (secondary N) is 1. The first-order chi connectivity index (χ1) is 6.00. The normalized spacial score (nSPS) is 22.2. The standard InChI is InChI=1S/C7H11NO3S2/c1-4(2)12-6-3-5(13(10)11)7(9)8-6/h4,6H,3H2,1-2H3,(H,8,9). The van der Waals surface area contributed by atoms with Crippen LogP contribution in [0, 0.1) is 0 Å². The van der Waals surface area contributed by atoms with Crippen molar-refractivity contribution in [2.45, 2.75) is 30.9 Å². The molecular formula is C7H11NO3S2. The number of carbonyl (C=O) groups excluding carboxylic acids is 1. The third kappa shape index (κ3) is 2.73. The van der Waals surface area contributed by atoms with Gasteiger partial charge in [-0.2, -0.15) is 8.42 Å². The van der Waals surface area contributed by atoms with Gasteiger partial charge in [0.25, 0.3) is 5.91 Å². The average Bonchev–Trinajstić information content (AvgIpc) is 2.29. The Hall–Kier alpha value is -0.490. The van der Waals surface area contributed by atoms with Crippen molar-refractivity contribution < 1.29 is 13.2 Å². The molecule has 0 aromatic heterocycles. The summed E-state index contributed by atoms with van der Waals surface area (Å²) in [6.45, 7) is 4.01. The first kappa shape index (κ1) is 10.6. The molecule has 1 atom stereocenters. The first-order valence-corrected chi connectivity index (χ1v) is 5.94. The minimum Gasteiger partial charge on any atom is -0.339 e. The molecule has 0 aromatic carbocycles. The van der Waals surface area contributed by atoms with E-state index in [0.717, 1.165) is 0 Å². The minimum atomic E-state index is -2.37. The molecule has 4 nitrogen and oxygen atoms in total. The van der Waals surface area contributed by atoms with E-state index in [-0.39, 0.29) is 10.2 Å². The van der Waals surface area contributed by atoms with E-state index in [9.17, 15) is 13.2 Å². The van der Waals surface area contributed by atoms with Gasteiger partial charge in [-0.15, -0.1) is 11.8 Å². The van der Waals surface area contributed by atoms with Gasteiger partial charge in [0.2, 0.25) is 10.3 Å². The van der Waals surface area contributed by atoms with E-state index in [0.29, 0.717) is 11.7 Å². The lowest BCUT2D eigenvalue weighted by atomic mass is 10.4. The molecule has 1 fully saturated rings. The zero-order valence-corrected chi connectivity index (χ0v) is 9.04. The molecule has 0 saturated carbocycles. The van der Waals surface area contributed by atoms with Gasteiger partial charge in [-0.1, -0.05) is 13.8 Å². The van der Waals surface area contributed by atoms with Crippen LogP contribution >= 0.6 is 11.8 Å². The van der Waals surface area contributed by atoms with Crippen LogP contribution in [0.5, 0.6) is 0 Å². The summed E-state index contributed by atoms with van der Waals surface area (Å²) in [6, 6.07) is 0. The Kier molecular flexibility index (Phi) is 3.38. The highest BCUT2D eigenvalue weighted by Gasteiger charge is 2.29. The average molecular weight is 221 g/mol. The van der Waals surface area contributed by atoms with Crippen LogP contribution in [0.1, 0.15) is 20.3 Å². The molecule has 1 aliphatic heterocycles. The molecule has 1 unspecified atom stereocenters. The van der Waals surface area contributed by atoms with Gasteiger partial charge in [0, 0.05) is 11.7 Å². The summed E-state index contributed by atoms with van der Waals surface area (Å²) in [5.41, 5.74) is 0. The maximum absolute atomic E-state index is 11.1. The Morgan fingerprint density at radius 1 is 1.54 bits per heavy atom. The summed E-state index contributed by atoms with van der Waals surface area (Å²) in [4.78, 5) is 11.0. The highest BCUT2D eigenvalue weighted by atomic mass is 32.2. The number of thioether (sulfide) groups is 1. The highest BCUT2D eigenvalue weighted by molar-refractivity contribution is 8.00. The molecule has 0 aromatic rings. The molecular weight excluding hydrogens is 210 g/mol. The fraction of sp³-hybridized carbons (Fsp3) is 0.714. The summed E-state index contributed by atoms with van der Waals surface area (Å²) < 4.78 is 21.1. The maximum atomic E-state index is 11.1. The summed E-state index contributed by atoms with van der Waals surface area (Å²) in [5, 5.41) is 2.91. The molecule has 1 amide bonds. The topological polar surface area (TPSA) is 63.2 Å². The number of rotatable bonds is 2. The third-order valence-electron chi connectivity index (χ3n) is 1.55. The van der Waals surface area contributed by atoms with Crippen LogP contribution in [0.15, 0.2) is 0 Å². The summed E-state index contributed by atoms with van der Waals surface area (Å²) >= 11 is 1.56. The molecule has 0 radical (unpaired) electrons. The Morgan fingerprint density at radius 3 is 2.54 bits per heavy atom. The lowest BCUT2D eigenvalue weighted by Crippen LogP contribution is -2.25. The van der Waals surface area contributed by atoms with Crippen molar-refractivity contribution in [3.8, 4) is 0 Å². The second-order valence-corrected chi connectivity index (χ2v) is 5.76. The molecule has 1 aliphatic rings. The van der Waals surface area contributed by atoms with Gasteiger partial charge >= 0.3 is 0 Å². The van der Waals surface area contributed by atoms with Crippen molar-refractivity contribution in [3.05, 3.63) is 0 Å². The maximum Gasteiger partial charge on any atom is 0.263 e. The second kappa shape index (κ2) is 4.15. The van der Waals surface area contributed by atoms with Gasteiger partial charge in [0.15, 0.2) is 0 Å². The molecule has 74 valence electrons. The van der Waals surface area contributed by atoms with Gasteiger partial charge in [-0.05, 0) is 0 Å². The van der Waals surface area contributed by atoms with Crippen molar-refractivity contribution >= 4 is 32.8 Å². The van der Waals surface area contributed by atoms with Crippen molar-refractivity contribution in [1.82, 2.24) is 5.32 Å². The van der Waals surface area contributed by atoms with Crippen LogP contribution in [-0.2, 0) is 15.1 Å². The van der Waals surface area contributed by atoms with Crippen LogP contribution < -0.4 is 5.32 Å². The predicted molar refractivity (Wildman–Crippen MR) is 53.2 cm³/mol. The Morgan fingerprint density at radius 2 is 2.15 bits per heavy atom. The van der Waals surface area contributed by atoms with Crippen LogP contribution in [-0.4, -0.2) is 29.8 Å². The number of carbonyl (C=O) groups is 1. The lowest BCUT2D eigenvalue weighted by Gasteiger charge is -2.10. The van der Waals surface area contributed by atoms with Crippen LogP contribution in [0.4, 0.5) is 0 Å². The predicted octanol–water partition coefficient (Wildman–Crippen LogP) is 0.0255. The first-order valence-electron chi connectivity index (χ1n) is 3.92. The van der Waals surface area contributed by atoms with Crippen LogP contribution in [0.3, 0.4) is 0 Å². The number of amides is 1. The van der Waals surface area contributed by atoms with Crippen molar-refractivity contribution in [2.75, 3.05) is 0 Å². The fourth-order valence-corrected chi connectivity index (χ4v) is 2.81. The molecule has 0 spiro atoms. The molecule has 0 bridgehead atoms. The molecule has 1 heterocycles. The molecule has 1 N–H and O–H groups in total. The van der Waals surface area contributed by atoms with Crippen LogP contribution in [0.2, 0.25) is 0 Å². The smallest absolute Gasteiger partial charge is 0.263 e. The number of hydrogen-bond acceptors (Lipinski definition) is 4. The van der Waals surface area contributed by atoms with E-state index in [1.54, 1.807) is 11.8 Å². The molecule has 1 saturated heterocycles. The second-order valence-electron chi connectivity index (χ2n) is 3.01. The Bertz CT molecular complexity index is 337. The Labute approximate surface area is 82.6 Å².